The first-order chi connectivity index (χ1) is 10.2. The lowest BCUT2D eigenvalue weighted by molar-refractivity contribution is 0.0944. The summed E-state index contributed by atoms with van der Waals surface area (Å²) in [7, 11) is 1.72. The number of nitrogens with zero attached hydrogens (tertiary/aromatic N) is 5. The normalized spacial score (nSPS) is 12.2. The van der Waals surface area contributed by atoms with Gasteiger partial charge in [0.05, 0.1) is 12.2 Å². The molecule has 0 saturated carbocycles. The van der Waals surface area contributed by atoms with Crippen molar-refractivity contribution in [3.8, 4) is 0 Å². The molecule has 1 N–H and O–H groups in total. The molecule has 8 heteroatoms. The van der Waals surface area contributed by atoms with Gasteiger partial charge in [0, 0.05) is 26.0 Å². The van der Waals surface area contributed by atoms with Gasteiger partial charge in [0.15, 0.2) is 5.69 Å². The summed E-state index contributed by atoms with van der Waals surface area (Å²) < 4.78 is 3.33. The third-order valence-corrected chi connectivity index (χ3v) is 3.76. The molecule has 3 rings (SSSR count). The smallest absolute Gasteiger partial charge is 0.273 e. The van der Waals surface area contributed by atoms with Crippen molar-refractivity contribution in [1.82, 2.24) is 30.1 Å². The van der Waals surface area contributed by atoms with Crippen molar-refractivity contribution < 1.29 is 4.79 Å². The fourth-order valence-corrected chi connectivity index (χ4v) is 2.73. The van der Waals surface area contributed by atoms with E-state index in [2.05, 4.69) is 26.1 Å². The highest BCUT2D eigenvalue weighted by atomic mass is 32.1. The van der Waals surface area contributed by atoms with E-state index in [0.29, 0.717) is 12.2 Å². The van der Waals surface area contributed by atoms with E-state index in [1.807, 2.05) is 28.4 Å². The molecule has 3 aromatic rings. The van der Waals surface area contributed by atoms with E-state index >= 15 is 0 Å². The first kappa shape index (κ1) is 13.5. The number of nitrogens with one attached hydrogen (secondary N) is 1. The molecule has 108 valence electrons. The molecular formula is C13H14N6OS. The van der Waals surface area contributed by atoms with Gasteiger partial charge in [-0.2, -0.15) is 16.4 Å². The van der Waals surface area contributed by atoms with Gasteiger partial charge in [-0.15, -0.1) is 5.10 Å². The van der Waals surface area contributed by atoms with E-state index in [-0.39, 0.29) is 11.9 Å². The van der Waals surface area contributed by atoms with Gasteiger partial charge in [0.25, 0.3) is 5.91 Å². The van der Waals surface area contributed by atoms with Crippen molar-refractivity contribution in [2.24, 2.45) is 7.05 Å². The molecule has 0 fully saturated rings. The maximum atomic E-state index is 12.0. The van der Waals surface area contributed by atoms with Crippen LogP contribution in [0, 0.1) is 0 Å². The van der Waals surface area contributed by atoms with Crippen molar-refractivity contribution in [2.45, 2.75) is 6.04 Å². The van der Waals surface area contributed by atoms with E-state index in [1.54, 1.807) is 30.8 Å². The maximum Gasteiger partial charge on any atom is 0.273 e. The Kier molecular flexibility index (Phi) is 3.78. The van der Waals surface area contributed by atoms with Gasteiger partial charge in [0.2, 0.25) is 0 Å². The van der Waals surface area contributed by atoms with E-state index in [4.69, 9.17) is 0 Å². The second-order valence-corrected chi connectivity index (χ2v) is 5.33. The highest BCUT2D eigenvalue weighted by Crippen LogP contribution is 2.19. The van der Waals surface area contributed by atoms with Gasteiger partial charge in [-0.3, -0.25) is 14.2 Å². The average Bonchev–Trinajstić information content (AvgIpc) is 3.21. The van der Waals surface area contributed by atoms with Gasteiger partial charge >= 0.3 is 0 Å². The fraction of sp³-hybridized carbons (Fsp3) is 0.231. The van der Waals surface area contributed by atoms with Crippen LogP contribution in [0.4, 0.5) is 0 Å². The summed E-state index contributed by atoms with van der Waals surface area (Å²) in [5.74, 6) is -0.240. The van der Waals surface area contributed by atoms with Crippen LogP contribution in [0.5, 0.6) is 0 Å². The molecule has 7 nitrogen and oxygen atoms in total. The van der Waals surface area contributed by atoms with Crippen LogP contribution in [-0.4, -0.2) is 37.2 Å². The van der Waals surface area contributed by atoms with Crippen LogP contribution in [-0.2, 0) is 7.05 Å². The Morgan fingerprint density at radius 1 is 1.52 bits per heavy atom. The summed E-state index contributed by atoms with van der Waals surface area (Å²) in [4.78, 5) is 12.0. The van der Waals surface area contributed by atoms with E-state index < -0.39 is 0 Å². The number of rotatable bonds is 5. The lowest BCUT2D eigenvalue weighted by Crippen LogP contribution is -2.31. The Bertz CT molecular complexity index is 669. The quantitative estimate of drug-likeness (QED) is 0.765. The van der Waals surface area contributed by atoms with Crippen molar-refractivity contribution in [1.29, 1.82) is 0 Å². The van der Waals surface area contributed by atoms with Crippen LogP contribution in [0.2, 0.25) is 0 Å². The van der Waals surface area contributed by atoms with Crippen molar-refractivity contribution in [2.75, 3.05) is 6.54 Å². The van der Waals surface area contributed by atoms with Crippen LogP contribution in [0.3, 0.4) is 0 Å². The molecule has 0 aliphatic rings. The Labute approximate surface area is 125 Å². The molecule has 0 saturated heterocycles. The Morgan fingerprint density at radius 2 is 2.43 bits per heavy atom. The molecular weight excluding hydrogens is 288 g/mol. The Morgan fingerprint density at radius 3 is 3.05 bits per heavy atom. The monoisotopic (exact) mass is 302 g/mol. The fourth-order valence-electron chi connectivity index (χ4n) is 2.03. The zero-order valence-electron chi connectivity index (χ0n) is 11.4. The molecule has 0 radical (unpaired) electrons. The topological polar surface area (TPSA) is 77.6 Å². The van der Waals surface area contributed by atoms with Crippen molar-refractivity contribution in [3.63, 3.8) is 0 Å². The van der Waals surface area contributed by atoms with E-state index in [1.165, 1.54) is 4.68 Å². The van der Waals surface area contributed by atoms with Crippen LogP contribution < -0.4 is 5.32 Å². The minimum absolute atomic E-state index is 0.0353. The minimum atomic E-state index is -0.240. The minimum Gasteiger partial charge on any atom is -0.348 e. The number of aryl methyl sites for hydroxylation is 1. The number of amides is 1. The van der Waals surface area contributed by atoms with Gasteiger partial charge in [-0.05, 0) is 28.5 Å². The molecule has 0 spiro atoms. The first-order valence-electron chi connectivity index (χ1n) is 6.40. The molecule has 3 aromatic heterocycles. The third-order valence-electron chi connectivity index (χ3n) is 3.06. The van der Waals surface area contributed by atoms with Crippen LogP contribution in [0.25, 0.3) is 0 Å². The molecule has 3 heterocycles. The summed E-state index contributed by atoms with van der Waals surface area (Å²) in [6.07, 6.45) is 5.20. The predicted molar refractivity (Wildman–Crippen MR) is 78.0 cm³/mol. The lowest BCUT2D eigenvalue weighted by atomic mass is 10.1. The number of aromatic nitrogens is 5. The SMILES string of the molecule is Cn1cc(C(=O)NC[C@H](c2ccsc2)n2cccn2)nn1. The summed E-state index contributed by atoms with van der Waals surface area (Å²) in [6, 6.07) is 3.86. The van der Waals surface area contributed by atoms with Crippen LogP contribution >= 0.6 is 11.3 Å². The Hall–Kier alpha value is -2.48. The van der Waals surface area contributed by atoms with Gasteiger partial charge < -0.3 is 5.32 Å². The highest BCUT2D eigenvalue weighted by molar-refractivity contribution is 7.07. The highest BCUT2D eigenvalue weighted by Gasteiger charge is 2.17. The molecule has 1 amide bonds. The number of hydrogen-bond acceptors (Lipinski definition) is 5. The van der Waals surface area contributed by atoms with Crippen LogP contribution in [0.1, 0.15) is 22.1 Å². The summed E-state index contributed by atoms with van der Waals surface area (Å²) in [6.45, 7) is 0.438. The second-order valence-electron chi connectivity index (χ2n) is 4.55. The number of carbonyl (C=O) groups is 1. The van der Waals surface area contributed by atoms with Crippen molar-refractivity contribution >= 4 is 17.2 Å². The number of hydrogen-bond donors (Lipinski definition) is 1. The average molecular weight is 302 g/mol. The van der Waals surface area contributed by atoms with E-state index in [9.17, 15) is 4.79 Å². The molecule has 1 atom stereocenters. The second kappa shape index (κ2) is 5.88. The summed E-state index contributed by atoms with van der Waals surface area (Å²) >= 11 is 1.62. The zero-order chi connectivity index (χ0) is 14.7. The molecule has 21 heavy (non-hydrogen) atoms. The Balaban J connectivity index is 1.72. The largest absolute Gasteiger partial charge is 0.348 e. The number of carbonyl (C=O) groups excluding carboxylic acids is 1. The summed E-state index contributed by atoms with van der Waals surface area (Å²) in [5.41, 5.74) is 1.42. The van der Waals surface area contributed by atoms with Gasteiger partial charge in [0.1, 0.15) is 0 Å². The molecule has 0 aliphatic carbocycles. The molecule has 0 aliphatic heterocycles. The van der Waals surface area contributed by atoms with Gasteiger partial charge in [-0.25, -0.2) is 0 Å². The molecule has 0 aromatic carbocycles. The summed E-state index contributed by atoms with van der Waals surface area (Å²) in [5, 5.41) is 18.8. The standard InChI is InChI=1S/C13H14N6OS/c1-18-8-11(16-17-18)13(20)14-7-12(10-3-6-21-9-10)19-5-2-4-15-19/h2-6,8-9,12H,7H2,1H3,(H,14,20)/t12-/m1/s1. The number of thiophene rings is 1. The first-order valence-corrected chi connectivity index (χ1v) is 7.34. The third kappa shape index (κ3) is 3.00. The van der Waals surface area contributed by atoms with E-state index in [0.717, 1.165) is 5.56 Å². The zero-order valence-corrected chi connectivity index (χ0v) is 12.2. The van der Waals surface area contributed by atoms with Crippen molar-refractivity contribution in [3.05, 3.63) is 52.7 Å². The predicted octanol–water partition coefficient (Wildman–Crippen LogP) is 1.09. The van der Waals surface area contributed by atoms with Crippen LogP contribution in [0.15, 0.2) is 41.5 Å². The van der Waals surface area contributed by atoms with Gasteiger partial charge in [-0.1, -0.05) is 5.21 Å². The maximum absolute atomic E-state index is 12.0. The molecule has 0 bridgehead atoms. The molecule has 0 unspecified atom stereocenters. The lowest BCUT2D eigenvalue weighted by Gasteiger charge is -2.17.